The molecule has 7 aromatic carbocycles. The lowest BCUT2D eigenvalue weighted by molar-refractivity contribution is 1.90. The number of benzene rings is 7. The van der Waals surface area contributed by atoms with Crippen LogP contribution in [-0.2, 0) is 0 Å². The summed E-state index contributed by atoms with van der Waals surface area (Å²) in [5.74, 6) is 0. The quantitative estimate of drug-likeness (QED) is 0.151. The monoisotopic (exact) mass is 602 g/mol. The summed E-state index contributed by atoms with van der Waals surface area (Å²) in [5.41, 5.74) is 0. The zero-order valence-electron chi connectivity index (χ0n) is 22.0. The van der Waals surface area contributed by atoms with Crippen molar-refractivity contribution < 1.29 is 0 Å². The van der Waals surface area contributed by atoms with E-state index in [9.17, 15) is 0 Å². The van der Waals surface area contributed by atoms with Gasteiger partial charge < -0.3 is 0 Å². The van der Waals surface area contributed by atoms with E-state index in [1.807, 2.05) is 45.3 Å². The van der Waals surface area contributed by atoms with Gasteiger partial charge in [-0.1, -0.05) is 0 Å². The number of rotatable bonds is 0. The Morgan fingerprint density at radius 1 is 0.262 bits per heavy atom. The molecule has 0 radical (unpaired) electrons. The van der Waals surface area contributed by atoms with E-state index in [1.54, 1.807) is 0 Å². The summed E-state index contributed by atoms with van der Waals surface area (Å²) in [6, 6.07) is 37.9. The highest BCUT2D eigenvalue weighted by Gasteiger charge is 2.14. The zero-order chi connectivity index (χ0) is 27.1. The smallest absolute Gasteiger partial charge is 0.0362 e. The first-order chi connectivity index (χ1) is 20.7. The molecule has 4 heterocycles. The molecule has 0 saturated carbocycles. The largest absolute Gasteiger partial charge is 0.144 e. The van der Waals surface area contributed by atoms with Crippen LogP contribution in [0.5, 0.6) is 0 Å². The molecule has 0 spiro atoms. The van der Waals surface area contributed by atoms with Gasteiger partial charge in [-0.3, -0.25) is 0 Å². The molecule has 4 aromatic heterocycles. The van der Waals surface area contributed by atoms with Gasteiger partial charge in [-0.15, -0.1) is 45.3 Å². The lowest BCUT2D eigenvalue weighted by atomic mass is 9.99. The van der Waals surface area contributed by atoms with Crippen LogP contribution < -0.4 is 0 Å². The molecule has 0 amide bonds. The molecule has 0 aliphatic heterocycles. The van der Waals surface area contributed by atoms with Gasteiger partial charge in [0, 0.05) is 49.7 Å². The van der Waals surface area contributed by atoms with Crippen molar-refractivity contribution in [2.45, 2.75) is 0 Å². The maximum atomic E-state index is 2.45. The molecule has 194 valence electrons. The van der Waals surface area contributed by atoms with E-state index in [0.717, 1.165) is 0 Å². The van der Waals surface area contributed by atoms with Crippen molar-refractivity contribution in [3.8, 4) is 0 Å². The van der Waals surface area contributed by atoms with Gasteiger partial charge in [0.1, 0.15) is 0 Å². The first-order valence-corrected chi connectivity index (χ1v) is 17.4. The number of fused-ring (bicyclic) bond motifs is 12. The Morgan fingerprint density at radius 2 is 0.571 bits per heavy atom. The molecule has 0 aliphatic rings. The Balaban J connectivity index is 1.15. The van der Waals surface area contributed by atoms with Gasteiger partial charge in [0.2, 0.25) is 0 Å². The molecule has 0 aliphatic carbocycles. The van der Waals surface area contributed by atoms with Crippen LogP contribution in [0, 0.1) is 0 Å². The summed E-state index contributed by atoms with van der Waals surface area (Å²) in [6.45, 7) is 0. The van der Waals surface area contributed by atoms with Crippen LogP contribution in [0.2, 0.25) is 0 Å². The zero-order valence-corrected chi connectivity index (χ0v) is 25.3. The SMILES string of the molecule is c1cc2cc3cc4cc5c(cc4cc3cc2s1)sc1cc2c(cc15)sc1cc3cc4cc5sccc5cc4cc3cc12. The first kappa shape index (κ1) is 22.5. The number of hydrogen-bond donors (Lipinski definition) is 0. The normalized spacial score (nSPS) is 12.8. The summed E-state index contributed by atoms with van der Waals surface area (Å²) in [5, 5.41) is 23.1. The Labute approximate surface area is 255 Å². The van der Waals surface area contributed by atoms with Crippen molar-refractivity contribution in [1.29, 1.82) is 0 Å². The third-order valence-electron chi connectivity index (χ3n) is 9.03. The minimum Gasteiger partial charge on any atom is -0.144 e. The average Bonchev–Trinajstić information content (AvgIpc) is 3.78. The van der Waals surface area contributed by atoms with Crippen molar-refractivity contribution in [2.24, 2.45) is 0 Å². The van der Waals surface area contributed by atoms with Crippen LogP contribution in [0.15, 0.2) is 108 Å². The lowest BCUT2D eigenvalue weighted by Crippen LogP contribution is -1.77. The average molecular weight is 603 g/mol. The van der Waals surface area contributed by atoms with Gasteiger partial charge >= 0.3 is 0 Å². The second kappa shape index (κ2) is 7.85. The van der Waals surface area contributed by atoms with E-state index in [2.05, 4.69) is 108 Å². The van der Waals surface area contributed by atoms with Crippen LogP contribution in [0.4, 0.5) is 0 Å². The second-order valence-corrected chi connectivity index (χ2v) is 15.5. The van der Waals surface area contributed by atoms with E-state index >= 15 is 0 Å². The number of thiophene rings is 4. The molecule has 11 rings (SSSR count). The second-order valence-electron chi connectivity index (χ2n) is 11.5. The van der Waals surface area contributed by atoms with E-state index < -0.39 is 0 Å². The van der Waals surface area contributed by atoms with E-state index in [1.165, 1.54) is 104 Å². The third kappa shape index (κ3) is 3.05. The van der Waals surface area contributed by atoms with Crippen molar-refractivity contribution in [2.75, 3.05) is 0 Å². The van der Waals surface area contributed by atoms with Crippen LogP contribution in [-0.4, -0.2) is 0 Å². The van der Waals surface area contributed by atoms with Crippen molar-refractivity contribution in [1.82, 2.24) is 0 Å². The molecule has 0 nitrogen and oxygen atoms in total. The van der Waals surface area contributed by atoms with E-state index in [4.69, 9.17) is 0 Å². The van der Waals surface area contributed by atoms with Gasteiger partial charge in [0.25, 0.3) is 0 Å². The highest BCUT2D eigenvalue weighted by Crippen LogP contribution is 2.44. The molecule has 0 saturated heterocycles. The van der Waals surface area contributed by atoms with Crippen LogP contribution >= 0.6 is 45.3 Å². The highest BCUT2D eigenvalue weighted by atomic mass is 32.1. The van der Waals surface area contributed by atoms with Crippen LogP contribution in [0.3, 0.4) is 0 Å². The molecule has 0 bridgehead atoms. The Hall–Kier alpha value is -4.06. The molecule has 42 heavy (non-hydrogen) atoms. The molecular weight excluding hydrogens is 585 g/mol. The predicted octanol–water partition coefficient (Wildman–Crippen LogP) is 13.5. The van der Waals surface area contributed by atoms with Crippen molar-refractivity contribution >= 4 is 149 Å². The topological polar surface area (TPSA) is 0 Å². The Kier molecular flexibility index (Phi) is 4.21. The van der Waals surface area contributed by atoms with Gasteiger partial charge in [-0.2, -0.15) is 0 Å². The Bertz CT molecular complexity index is 2760. The molecule has 0 unspecified atom stereocenters. The van der Waals surface area contributed by atoms with Crippen LogP contribution in [0.25, 0.3) is 104 Å². The van der Waals surface area contributed by atoms with Gasteiger partial charge in [0.15, 0.2) is 0 Å². The van der Waals surface area contributed by atoms with Gasteiger partial charge in [-0.05, 0) is 162 Å². The standard InChI is InChI=1S/C38H18S4/c1-3-39-33-13-25-9-27-15-35-29(11-23(27)7-21(25)5-19(1)33)31-17-38-32(18-37(31)41-35)30-12-24-8-22-6-20-2-4-40-34(20)14-26(22)10-28(24)16-36(30)42-38/h1-18H. The lowest BCUT2D eigenvalue weighted by Gasteiger charge is -2.04. The maximum absolute atomic E-state index is 2.45. The van der Waals surface area contributed by atoms with Gasteiger partial charge in [0.05, 0.1) is 0 Å². The molecule has 0 fully saturated rings. The van der Waals surface area contributed by atoms with E-state index in [-0.39, 0.29) is 0 Å². The predicted molar refractivity (Wildman–Crippen MR) is 193 cm³/mol. The van der Waals surface area contributed by atoms with E-state index in [0.29, 0.717) is 0 Å². The van der Waals surface area contributed by atoms with Crippen LogP contribution in [0.1, 0.15) is 0 Å². The molecule has 4 heteroatoms. The molecular formula is C38H18S4. The fourth-order valence-corrected chi connectivity index (χ4v) is 10.9. The van der Waals surface area contributed by atoms with Gasteiger partial charge in [-0.25, -0.2) is 0 Å². The summed E-state index contributed by atoms with van der Waals surface area (Å²) in [4.78, 5) is 0. The fourth-order valence-electron chi connectivity index (χ4n) is 6.96. The van der Waals surface area contributed by atoms with Crippen molar-refractivity contribution in [3.05, 3.63) is 108 Å². The highest BCUT2D eigenvalue weighted by molar-refractivity contribution is 7.27. The summed E-state index contributed by atoms with van der Waals surface area (Å²) >= 11 is 7.50. The molecule has 11 aromatic rings. The Morgan fingerprint density at radius 3 is 1.02 bits per heavy atom. The molecule has 0 atom stereocenters. The summed E-state index contributed by atoms with van der Waals surface area (Å²) in [7, 11) is 0. The summed E-state index contributed by atoms with van der Waals surface area (Å²) in [6.07, 6.45) is 0. The fraction of sp³-hybridized carbons (Fsp3) is 0. The minimum atomic E-state index is 1.32. The minimum absolute atomic E-state index is 1.32. The molecule has 0 N–H and O–H groups in total. The third-order valence-corrected chi connectivity index (χ3v) is 13.0. The number of hydrogen-bond acceptors (Lipinski definition) is 4. The first-order valence-electron chi connectivity index (χ1n) is 14.0. The maximum Gasteiger partial charge on any atom is 0.0362 e. The van der Waals surface area contributed by atoms with Crippen molar-refractivity contribution in [3.63, 3.8) is 0 Å². The summed E-state index contributed by atoms with van der Waals surface area (Å²) < 4.78 is 8.20.